The highest BCUT2D eigenvalue weighted by atomic mass is 35.5. The fourth-order valence-corrected chi connectivity index (χ4v) is 3.77. The van der Waals surface area contributed by atoms with Crippen LogP contribution in [0, 0.1) is 11.3 Å². The molecular formula is C14H27ClN4O2. The number of nitrogens with zero attached hydrogens (tertiary/aromatic N) is 2. The SMILES string of the molecule is CC1CC(C)(C)CC(CO)(NCc2noc(CN)n2)C1.Cl. The third kappa shape index (κ3) is 4.64. The highest BCUT2D eigenvalue weighted by Gasteiger charge is 2.42. The van der Waals surface area contributed by atoms with Crippen LogP contribution in [0.4, 0.5) is 0 Å². The second-order valence-corrected chi connectivity index (χ2v) is 6.95. The van der Waals surface area contributed by atoms with E-state index in [0.29, 0.717) is 24.2 Å². The number of rotatable bonds is 5. The maximum atomic E-state index is 9.87. The second kappa shape index (κ2) is 7.05. The smallest absolute Gasteiger partial charge is 0.240 e. The Hall–Kier alpha value is -0.690. The summed E-state index contributed by atoms with van der Waals surface area (Å²) in [5, 5.41) is 17.2. The first-order valence-electron chi connectivity index (χ1n) is 7.25. The molecule has 2 atom stereocenters. The van der Waals surface area contributed by atoms with Crippen molar-refractivity contribution in [1.82, 2.24) is 15.5 Å². The molecule has 2 unspecified atom stereocenters. The number of aliphatic hydroxyl groups is 1. The lowest BCUT2D eigenvalue weighted by molar-refractivity contribution is 0.0347. The summed E-state index contributed by atoms with van der Waals surface area (Å²) >= 11 is 0. The van der Waals surface area contributed by atoms with Gasteiger partial charge < -0.3 is 20.7 Å². The van der Waals surface area contributed by atoms with Gasteiger partial charge in [0.1, 0.15) is 0 Å². The predicted molar refractivity (Wildman–Crippen MR) is 82.9 cm³/mol. The highest BCUT2D eigenvalue weighted by molar-refractivity contribution is 5.85. The van der Waals surface area contributed by atoms with Gasteiger partial charge in [-0.2, -0.15) is 4.98 Å². The number of aliphatic hydroxyl groups excluding tert-OH is 1. The van der Waals surface area contributed by atoms with Crippen LogP contribution in [0.3, 0.4) is 0 Å². The van der Waals surface area contributed by atoms with E-state index in [4.69, 9.17) is 10.3 Å². The van der Waals surface area contributed by atoms with Crippen molar-refractivity contribution in [2.24, 2.45) is 17.1 Å². The summed E-state index contributed by atoms with van der Waals surface area (Å²) in [6.07, 6.45) is 3.10. The maximum Gasteiger partial charge on any atom is 0.240 e. The predicted octanol–water partition coefficient (Wildman–Crippen LogP) is 1.62. The molecule has 0 aliphatic heterocycles. The third-order valence-electron chi connectivity index (χ3n) is 4.07. The monoisotopic (exact) mass is 318 g/mol. The molecule has 1 aromatic heterocycles. The van der Waals surface area contributed by atoms with Gasteiger partial charge in [-0.25, -0.2) is 0 Å². The molecule has 7 heteroatoms. The topological polar surface area (TPSA) is 97.2 Å². The van der Waals surface area contributed by atoms with Crippen LogP contribution < -0.4 is 11.1 Å². The van der Waals surface area contributed by atoms with E-state index in [1.807, 2.05) is 0 Å². The summed E-state index contributed by atoms with van der Waals surface area (Å²) in [5.74, 6) is 1.62. The van der Waals surface area contributed by atoms with Gasteiger partial charge in [0.05, 0.1) is 19.7 Å². The van der Waals surface area contributed by atoms with Crippen molar-refractivity contribution in [3.8, 4) is 0 Å². The summed E-state index contributed by atoms with van der Waals surface area (Å²) < 4.78 is 4.99. The summed E-state index contributed by atoms with van der Waals surface area (Å²) in [6, 6.07) is 0. The molecule has 2 rings (SSSR count). The second-order valence-electron chi connectivity index (χ2n) is 6.95. The van der Waals surface area contributed by atoms with Gasteiger partial charge in [-0.15, -0.1) is 12.4 Å². The van der Waals surface area contributed by atoms with E-state index >= 15 is 0 Å². The zero-order valence-electron chi connectivity index (χ0n) is 13.1. The minimum absolute atomic E-state index is 0. The first-order chi connectivity index (χ1) is 9.38. The molecule has 0 radical (unpaired) electrons. The van der Waals surface area contributed by atoms with Crippen LogP contribution in [0.5, 0.6) is 0 Å². The van der Waals surface area contributed by atoms with Crippen LogP contribution in [0.1, 0.15) is 51.7 Å². The van der Waals surface area contributed by atoms with Gasteiger partial charge in [-0.3, -0.25) is 0 Å². The molecule has 6 nitrogen and oxygen atoms in total. The highest BCUT2D eigenvalue weighted by Crippen LogP contribution is 2.43. The van der Waals surface area contributed by atoms with Gasteiger partial charge in [-0.05, 0) is 30.6 Å². The van der Waals surface area contributed by atoms with Crippen LogP contribution in [0.2, 0.25) is 0 Å². The van der Waals surface area contributed by atoms with Crippen molar-refractivity contribution in [2.75, 3.05) is 6.61 Å². The molecule has 1 aromatic rings. The fourth-order valence-electron chi connectivity index (χ4n) is 3.77. The van der Waals surface area contributed by atoms with E-state index in [9.17, 15) is 5.11 Å². The molecule has 0 saturated heterocycles. The lowest BCUT2D eigenvalue weighted by atomic mass is 9.64. The molecule has 4 N–H and O–H groups in total. The molecule has 0 aromatic carbocycles. The van der Waals surface area contributed by atoms with Crippen LogP contribution in [-0.2, 0) is 13.1 Å². The molecule has 1 aliphatic carbocycles. The van der Waals surface area contributed by atoms with Gasteiger partial charge in [-0.1, -0.05) is 25.9 Å². The van der Waals surface area contributed by atoms with E-state index < -0.39 is 0 Å². The normalized spacial score (nSPS) is 28.1. The molecule has 0 bridgehead atoms. The fraction of sp³-hybridized carbons (Fsp3) is 0.857. The number of nitrogens with one attached hydrogen (secondary N) is 1. The van der Waals surface area contributed by atoms with Crippen LogP contribution in [-0.4, -0.2) is 27.4 Å². The Kier molecular flexibility index (Phi) is 6.16. The van der Waals surface area contributed by atoms with Crippen LogP contribution in [0.15, 0.2) is 4.52 Å². The largest absolute Gasteiger partial charge is 0.394 e. The van der Waals surface area contributed by atoms with Crippen molar-refractivity contribution in [3.63, 3.8) is 0 Å². The Balaban J connectivity index is 0.00000220. The first kappa shape index (κ1) is 18.4. The summed E-state index contributed by atoms with van der Waals surface area (Å²) in [7, 11) is 0. The van der Waals surface area contributed by atoms with Crippen LogP contribution in [0.25, 0.3) is 0 Å². The van der Waals surface area contributed by atoms with Crippen molar-refractivity contribution in [3.05, 3.63) is 11.7 Å². The zero-order valence-corrected chi connectivity index (χ0v) is 13.9. The van der Waals surface area contributed by atoms with E-state index in [2.05, 4.69) is 36.2 Å². The molecule has 21 heavy (non-hydrogen) atoms. The summed E-state index contributed by atoms with van der Waals surface area (Å²) in [5.41, 5.74) is 5.42. The van der Waals surface area contributed by atoms with Crippen molar-refractivity contribution in [2.45, 2.75) is 58.7 Å². The number of hydrogen-bond acceptors (Lipinski definition) is 6. The average molecular weight is 319 g/mol. The minimum Gasteiger partial charge on any atom is -0.394 e. The molecule has 1 aliphatic rings. The van der Waals surface area contributed by atoms with Crippen molar-refractivity contribution in [1.29, 1.82) is 0 Å². The molecule has 1 fully saturated rings. The standard InChI is InChI=1S/C14H26N4O2.ClH/c1-10-4-13(2,3)8-14(5-10,9-19)16-7-11-17-12(6-15)20-18-11;/h10,16,19H,4-9,15H2,1-3H3;1H. The van der Waals surface area contributed by atoms with E-state index in [-0.39, 0.29) is 36.5 Å². The Morgan fingerprint density at radius 2 is 2.14 bits per heavy atom. The molecule has 0 amide bonds. The Labute approximate surface area is 132 Å². The van der Waals surface area contributed by atoms with Gasteiger partial charge in [0.2, 0.25) is 5.89 Å². The lowest BCUT2D eigenvalue weighted by Gasteiger charge is -2.47. The Bertz CT molecular complexity index is 452. The van der Waals surface area contributed by atoms with E-state index in [0.717, 1.165) is 12.8 Å². The molecule has 0 spiro atoms. The third-order valence-corrected chi connectivity index (χ3v) is 4.07. The molecule has 1 heterocycles. The average Bonchev–Trinajstić information content (AvgIpc) is 2.82. The summed E-state index contributed by atoms with van der Waals surface area (Å²) in [4.78, 5) is 4.19. The van der Waals surface area contributed by atoms with Crippen molar-refractivity contribution >= 4 is 12.4 Å². The van der Waals surface area contributed by atoms with Gasteiger partial charge in [0, 0.05) is 5.54 Å². The van der Waals surface area contributed by atoms with E-state index in [1.54, 1.807) is 0 Å². The number of hydrogen-bond donors (Lipinski definition) is 3. The molecule has 122 valence electrons. The van der Waals surface area contributed by atoms with E-state index in [1.165, 1.54) is 6.42 Å². The van der Waals surface area contributed by atoms with Gasteiger partial charge in [0.25, 0.3) is 0 Å². The Morgan fingerprint density at radius 3 is 2.67 bits per heavy atom. The maximum absolute atomic E-state index is 9.87. The minimum atomic E-state index is -0.259. The lowest BCUT2D eigenvalue weighted by Crippen LogP contribution is -2.55. The Morgan fingerprint density at radius 1 is 1.43 bits per heavy atom. The van der Waals surface area contributed by atoms with Crippen molar-refractivity contribution < 1.29 is 9.63 Å². The zero-order chi connectivity index (χ0) is 14.8. The first-order valence-corrected chi connectivity index (χ1v) is 7.25. The number of halogens is 1. The number of aromatic nitrogens is 2. The van der Waals surface area contributed by atoms with Gasteiger partial charge in [0.15, 0.2) is 5.82 Å². The molecular weight excluding hydrogens is 292 g/mol. The molecule has 1 saturated carbocycles. The number of nitrogens with two attached hydrogens (primary N) is 1. The summed E-state index contributed by atoms with van der Waals surface area (Å²) in [6.45, 7) is 7.64. The van der Waals surface area contributed by atoms with Crippen LogP contribution >= 0.6 is 12.4 Å². The quantitative estimate of drug-likeness (QED) is 0.763. The van der Waals surface area contributed by atoms with Gasteiger partial charge >= 0.3 is 0 Å².